The average molecular weight is 352 g/mol. The van der Waals surface area contributed by atoms with E-state index in [9.17, 15) is 13.2 Å². The van der Waals surface area contributed by atoms with Crippen molar-refractivity contribution in [2.45, 2.75) is 26.3 Å². The fraction of sp³-hybridized carbons (Fsp3) is 0.500. The Morgan fingerprint density at radius 1 is 1.29 bits per heavy atom. The minimum atomic E-state index is -3.29. The summed E-state index contributed by atoms with van der Waals surface area (Å²) in [5.41, 5.74) is 1.93. The number of aromatic nitrogens is 2. The number of rotatable bonds is 8. The van der Waals surface area contributed by atoms with Crippen molar-refractivity contribution >= 4 is 27.0 Å². The summed E-state index contributed by atoms with van der Waals surface area (Å²) in [6.07, 6.45) is 1.08. The van der Waals surface area contributed by atoms with Crippen LogP contribution in [0.1, 0.15) is 19.2 Å². The third-order valence-electron chi connectivity index (χ3n) is 3.85. The Hall–Kier alpha value is -1.93. The van der Waals surface area contributed by atoms with E-state index in [0.29, 0.717) is 6.54 Å². The van der Waals surface area contributed by atoms with Crippen molar-refractivity contribution in [3.63, 3.8) is 0 Å². The smallest absolute Gasteiger partial charge is 0.221 e. The van der Waals surface area contributed by atoms with Crippen molar-refractivity contribution < 1.29 is 13.2 Å². The molecule has 0 fully saturated rings. The number of fused-ring (bicyclic) bond motifs is 1. The standard InChI is InChI=1S/C16H24N4O3S/c1-4-15-18-13-7-5-6-8-14(13)20(15)11-9-16(21)17-10-12-24(22,23)19(2)3/h5-8H,4,9-12H2,1-3H3,(H,17,21). The first-order chi connectivity index (χ1) is 11.3. The van der Waals surface area contributed by atoms with Gasteiger partial charge < -0.3 is 9.88 Å². The highest BCUT2D eigenvalue weighted by atomic mass is 32.2. The van der Waals surface area contributed by atoms with E-state index >= 15 is 0 Å². The van der Waals surface area contributed by atoms with E-state index in [1.807, 2.05) is 35.8 Å². The summed E-state index contributed by atoms with van der Waals surface area (Å²) >= 11 is 0. The molecule has 1 heterocycles. The minimum Gasteiger partial charge on any atom is -0.355 e. The van der Waals surface area contributed by atoms with Gasteiger partial charge in [-0.25, -0.2) is 17.7 Å². The van der Waals surface area contributed by atoms with Crippen LogP contribution in [0.2, 0.25) is 0 Å². The largest absolute Gasteiger partial charge is 0.355 e. The highest BCUT2D eigenvalue weighted by molar-refractivity contribution is 7.89. The van der Waals surface area contributed by atoms with Gasteiger partial charge in [-0.15, -0.1) is 0 Å². The van der Waals surface area contributed by atoms with Crippen molar-refractivity contribution in [1.82, 2.24) is 19.2 Å². The maximum Gasteiger partial charge on any atom is 0.221 e. The SMILES string of the molecule is CCc1nc2ccccc2n1CCC(=O)NCCS(=O)(=O)N(C)C. The Morgan fingerprint density at radius 3 is 2.67 bits per heavy atom. The van der Waals surface area contributed by atoms with Crippen molar-refractivity contribution in [1.29, 1.82) is 0 Å². The predicted molar refractivity (Wildman–Crippen MR) is 94.2 cm³/mol. The summed E-state index contributed by atoms with van der Waals surface area (Å²) in [4.78, 5) is 16.5. The summed E-state index contributed by atoms with van der Waals surface area (Å²) < 4.78 is 26.5. The lowest BCUT2D eigenvalue weighted by atomic mass is 10.3. The quantitative estimate of drug-likeness (QED) is 0.768. The fourth-order valence-electron chi connectivity index (χ4n) is 2.45. The van der Waals surface area contributed by atoms with Gasteiger partial charge in [-0.2, -0.15) is 0 Å². The lowest BCUT2D eigenvalue weighted by Gasteiger charge is -2.12. The van der Waals surface area contributed by atoms with Crippen LogP contribution in [-0.2, 0) is 27.8 Å². The minimum absolute atomic E-state index is 0.0973. The molecule has 0 aliphatic heterocycles. The van der Waals surface area contributed by atoms with Crippen LogP contribution in [0.4, 0.5) is 0 Å². The molecule has 2 rings (SSSR count). The topological polar surface area (TPSA) is 84.3 Å². The highest BCUT2D eigenvalue weighted by Crippen LogP contribution is 2.16. The summed E-state index contributed by atoms with van der Waals surface area (Å²) in [7, 11) is -0.329. The van der Waals surface area contributed by atoms with Crippen LogP contribution in [0.3, 0.4) is 0 Å². The number of hydrogen-bond acceptors (Lipinski definition) is 4. The Labute approximate surface area is 142 Å². The number of aryl methyl sites for hydroxylation is 2. The van der Waals surface area contributed by atoms with Gasteiger partial charge in [-0.05, 0) is 12.1 Å². The number of para-hydroxylation sites is 2. The molecule has 2 aromatic rings. The van der Waals surface area contributed by atoms with Gasteiger partial charge in [0.25, 0.3) is 0 Å². The normalized spacial score (nSPS) is 12.0. The van der Waals surface area contributed by atoms with E-state index < -0.39 is 10.0 Å². The van der Waals surface area contributed by atoms with Crippen LogP contribution in [-0.4, -0.2) is 54.6 Å². The predicted octanol–water partition coefficient (Wildman–Crippen LogP) is 0.996. The molecule has 1 N–H and O–H groups in total. The van der Waals surface area contributed by atoms with Gasteiger partial charge in [0.1, 0.15) is 5.82 Å². The van der Waals surface area contributed by atoms with Crippen LogP contribution >= 0.6 is 0 Å². The summed E-state index contributed by atoms with van der Waals surface area (Å²) in [5, 5.41) is 2.66. The second kappa shape index (κ2) is 7.76. The maximum atomic E-state index is 12.0. The summed E-state index contributed by atoms with van der Waals surface area (Å²) in [5.74, 6) is 0.683. The molecule has 0 radical (unpaired) electrons. The number of carbonyl (C=O) groups is 1. The Balaban J connectivity index is 1.93. The number of carbonyl (C=O) groups excluding carboxylic acids is 1. The number of sulfonamides is 1. The summed E-state index contributed by atoms with van der Waals surface area (Å²) in [6.45, 7) is 2.67. The Morgan fingerprint density at radius 2 is 2.00 bits per heavy atom. The van der Waals surface area contributed by atoms with Crippen LogP contribution in [0.15, 0.2) is 24.3 Å². The molecule has 1 aromatic carbocycles. The Bertz CT molecular complexity index is 812. The number of nitrogens with one attached hydrogen (secondary N) is 1. The lowest BCUT2D eigenvalue weighted by molar-refractivity contribution is -0.121. The number of nitrogens with zero attached hydrogens (tertiary/aromatic N) is 3. The molecule has 24 heavy (non-hydrogen) atoms. The second-order valence-corrected chi connectivity index (χ2v) is 8.02. The zero-order valence-corrected chi connectivity index (χ0v) is 15.1. The van der Waals surface area contributed by atoms with Crippen LogP contribution in [0.5, 0.6) is 0 Å². The lowest BCUT2D eigenvalue weighted by Crippen LogP contribution is -2.34. The first kappa shape index (κ1) is 18.4. The van der Waals surface area contributed by atoms with Gasteiger partial charge in [0, 0.05) is 40.0 Å². The van der Waals surface area contributed by atoms with Crippen molar-refractivity contribution in [2.24, 2.45) is 0 Å². The van der Waals surface area contributed by atoms with Gasteiger partial charge >= 0.3 is 0 Å². The molecule has 0 bridgehead atoms. The molecular formula is C16H24N4O3S. The third kappa shape index (κ3) is 4.33. The molecule has 0 saturated heterocycles. The van der Waals surface area contributed by atoms with E-state index in [-0.39, 0.29) is 24.6 Å². The van der Waals surface area contributed by atoms with Crippen molar-refractivity contribution in [2.75, 3.05) is 26.4 Å². The molecular weight excluding hydrogens is 328 g/mol. The molecule has 132 valence electrons. The molecule has 0 atom stereocenters. The monoisotopic (exact) mass is 352 g/mol. The second-order valence-electron chi connectivity index (χ2n) is 5.72. The maximum absolute atomic E-state index is 12.0. The zero-order valence-electron chi connectivity index (χ0n) is 14.3. The summed E-state index contributed by atoms with van der Waals surface area (Å²) in [6, 6.07) is 7.84. The molecule has 8 heteroatoms. The number of imidazole rings is 1. The molecule has 0 saturated carbocycles. The van der Waals surface area contributed by atoms with Gasteiger partial charge in [-0.1, -0.05) is 19.1 Å². The molecule has 0 unspecified atom stereocenters. The van der Waals surface area contributed by atoms with Crippen LogP contribution in [0.25, 0.3) is 11.0 Å². The Kier molecular flexibility index (Phi) is 5.95. The molecule has 0 aliphatic carbocycles. The first-order valence-electron chi connectivity index (χ1n) is 7.96. The highest BCUT2D eigenvalue weighted by Gasteiger charge is 2.14. The number of hydrogen-bond donors (Lipinski definition) is 1. The first-order valence-corrected chi connectivity index (χ1v) is 9.57. The van der Waals surface area contributed by atoms with Gasteiger partial charge in [0.15, 0.2) is 0 Å². The molecule has 7 nitrogen and oxygen atoms in total. The van der Waals surface area contributed by atoms with Crippen molar-refractivity contribution in [3.05, 3.63) is 30.1 Å². The van der Waals surface area contributed by atoms with E-state index in [4.69, 9.17) is 0 Å². The van der Waals surface area contributed by atoms with Gasteiger partial charge in [0.05, 0.1) is 16.8 Å². The molecule has 0 aliphatic rings. The van der Waals surface area contributed by atoms with Crippen LogP contribution in [0, 0.1) is 0 Å². The molecule has 1 aromatic heterocycles. The zero-order chi connectivity index (χ0) is 17.7. The van der Waals surface area contributed by atoms with Crippen LogP contribution < -0.4 is 5.32 Å². The van der Waals surface area contributed by atoms with E-state index in [1.54, 1.807) is 0 Å². The third-order valence-corrected chi connectivity index (χ3v) is 5.68. The fourth-order valence-corrected chi connectivity index (χ4v) is 3.17. The number of benzene rings is 1. The molecule has 0 spiro atoms. The number of amides is 1. The van der Waals surface area contributed by atoms with E-state index in [1.165, 1.54) is 14.1 Å². The van der Waals surface area contributed by atoms with Crippen molar-refractivity contribution in [3.8, 4) is 0 Å². The molecule has 1 amide bonds. The average Bonchev–Trinajstić information content (AvgIpc) is 2.90. The van der Waals surface area contributed by atoms with E-state index in [0.717, 1.165) is 27.6 Å². The van der Waals surface area contributed by atoms with Gasteiger partial charge in [0.2, 0.25) is 15.9 Å². The van der Waals surface area contributed by atoms with E-state index in [2.05, 4.69) is 10.3 Å². The van der Waals surface area contributed by atoms with Gasteiger partial charge in [-0.3, -0.25) is 4.79 Å².